The second kappa shape index (κ2) is 5.79. The van der Waals surface area contributed by atoms with Gasteiger partial charge in [-0.3, -0.25) is 0 Å². The predicted molar refractivity (Wildman–Crippen MR) is 46.4 cm³/mol. The molecule has 0 saturated carbocycles. The quantitative estimate of drug-likeness (QED) is 0.539. The molecule has 8 heavy (non-hydrogen) atoms. The Bertz CT molecular complexity index is 48.2. The Morgan fingerprint density at radius 3 is 1.88 bits per heavy atom. The van der Waals surface area contributed by atoms with E-state index >= 15 is 0 Å². The van der Waals surface area contributed by atoms with Gasteiger partial charge in [0.25, 0.3) is 0 Å². The summed E-state index contributed by atoms with van der Waals surface area (Å²) in [5.41, 5.74) is 5.49. The topological polar surface area (TPSA) is 26.0 Å². The van der Waals surface area contributed by atoms with Crippen LogP contribution in [-0.4, -0.2) is 17.5 Å². The van der Waals surface area contributed by atoms with Gasteiger partial charge in [-0.15, -0.1) is 0 Å². The lowest BCUT2D eigenvalue weighted by atomic mass is 10.4. The third-order valence-corrected chi connectivity index (χ3v) is 3.26. The van der Waals surface area contributed by atoms with Gasteiger partial charge in [-0.05, 0) is 0 Å². The fourth-order valence-corrected chi connectivity index (χ4v) is 2.87. The molecule has 1 fully saturated rings. The molecule has 1 heterocycles. The van der Waals surface area contributed by atoms with Gasteiger partial charge < -0.3 is 5.73 Å². The summed E-state index contributed by atoms with van der Waals surface area (Å²) in [6, 6.07) is 0.472. The number of hydrogen-bond donors (Lipinski definition) is 1. The Labute approximate surface area is 60.7 Å². The molecule has 0 aliphatic carbocycles. The van der Waals surface area contributed by atoms with E-state index in [1.54, 1.807) is 0 Å². The maximum Gasteiger partial charge on any atom is 0.0239 e. The van der Waals surface area contributed by atoms with Crippen LogP contribution in [0.15, 0.2) is 0 Å². The molecule has 1 nitrogen and oxygen atoms in total. The highest BCUT2D eigenvalue weighted by Gasteiger charge is 2.09. The average molecular weight is 153 g/mol. The summed E-state index contributed by atoms with van der Waals surface area (Å²) in [6.07, 6.45) is 0. The van der Waals surface area contributed by atoms with Crippen molar-refractivity contribution < 1.29 is 1.43 Å². The Hall–Kier alpha value is 0.660. The van der Waals surface area contributed by atoms with Crippen LogP contribution in [0.25, 0.3) is 0 Å². The summed E-state index contributed by atoms with van der Waals surface area (Å²) in [6.45, 7) is 4.00. The van der Waals surface area contributed by atoms with Crippen LogP contribution in [0.4, 0.5) is 0 Å². The Kier molecular flexibility index (Phi) is 6.27. The predicted octanol–water partition coefficient (Wildman–Crippen LogP) is 1.98. The summed E-state index contributed by atoms with van der Waals surface area (Å²) in [5, 5.41) is 0. The van der Waals surface area contributed by atoms with E-state index in [0.717, 1.165) is 11.5 Å². The monoisotopic (exact) mass is 153 g/mol. The third-order valence-electron chi connectivity index (χ3n) is 0.648. The fraction of sp³-hybridized carbons (Fsp3) is 1.00. The van der Waals surface area contributed by atoms with Crippen LogP contribution >= 0.6 is 21.6 Å². The number of rotatable bonds is 0. The molecular weight excluding hydrogens is 138 g/mol. The zero-order valence-electron chi connectivity index (χ0n) is 5.39. The second-order valence-corrected chi connectivity index (χ2v) is 3.88. The molecule has 0 spiro atoms. The number of nitrogens with two attached hydrogens (primary N) is 1. The Balaban J connectivity index is 0. The van der Waals surface area contributed by atoms with Crippen LogP contribution in [-0.2, 0) is 0 Å². The first kappa shape index (κ1) is 8.66. The van der Waals surface area contributed by atoms with E-state index in [2.05, 4.69) is 0 Å². The van der Waals surface area contributed by atoms with Crippen LogP contribution in [0.3, 0.4) is 0 Å². The van der Waals surface area contributed by atoms with E-state index < -0.39 is 0 Å². The second-order valence-electron chi connectivity index (χ2n) is 1.33. The minimum atomic E-state index is 0. The SMILES string of the molecule is CC.NC1CSSC1.[HH]. The van der Waals surface area contributed by atoms with E-state index in [9.17, 15) is 0 Å². The Morgan fingerprint density at radius 1 is 1.38 bits per heavy atom. The van der Waals surface area contributed by atoms with Crippen molar-refractivity contribution in [1.82, 2.24) is 0 Å². The van der Waals surface area contributed by atoms with Crippen molar-refractivity contribution in [2.24, 2.45) is 5.73 Å². The largest absolute Gasteiger partial charge is 0.326 e. The van der Waals surface area contributed by atoms with Gasteiger partial charge in [0.05, 0.1) is 0 Å². The molecule has 0 amide bonds. The lowest BCUT2D eigenvalue weighted by molar-refractivity contribution is 0.872. The molecule has 0 aromatic carbocycles. The minimum Gasteiger partial charge on any atom is -0.326 e. The summed E-state index contributed by atoms with van der Waals surface area (Å²) < 4.78 is 0. The normalized spacial score (nSPS) is 19.9. The van der Waals surface area contributed by atoms with Gasteiger partial charge in [0.2, 0.25) is 0 Å². The third kappa shape index (κ3) is 3.64. The van der Waals surface area contributed by atoms with E-state index in [4.69, 9.17) is 5.73 Å². The maximum absolute atomic E-state index is 5.49. The van der Waals surface area contributed by atoms with Gasteiger partial charge in [-0.2, -0.15) is 0 Å². The molecule has 0 bridgehead atoms. The molecular formula is C5H15NS2. The van der Waals surface area contributed by atoms with Crippen LogP contribution in [0.2, 0.25) is 0 Å². The highest BCUT2D eigenvalue weighted by molar-refractivity contribution is 8.77. The highest BCUT2D eigenvalue weighted by atomic mass is 33.1. The van der Waals surface area contributed by atoms with Crippen LogP contribution in [0, 0.1) is 0 Å². The smallest absolute Gasteiger partial charge is 0.0239 e. The van der Waals surface area contributed by atoms with Crippen molar-refractivity contribution in [2.75, 3.05) is 11.5 Å². The maximum atomic E-state index is 5.49. The summed E-state index contributed by atoms with van der Waals surface area (Å²) in [4.78, 5) is 0. The molecule has 52 valence electrons. The zero-order valence-corrected chi connectivity index (χ0v) is 7.02. The standard InChI is InChI=1S/C3H7NS2.C2H6.H2/c4-3-1-5-6-2-3;1-2;/h3H,1-2,4H2;1-2H3;1H. The molecule has 0 radical (unpaired) electrons. The van der Waals surface area contributed by atoms with Gasteiger partial charge in [-0.1, -0.05) is 35.4 Å². The van der Waals surface area contributed by atoms with Crippen molar-refractivity contribution in [3.8, 4) is 0 Å². The van der Waals surface area contributed by atoms with Crippen LogP contribution in [0.5, 0.6) is 0 Å². The molecule has 3 heteroatoms. The van der Waals surface area contributed by atoms with E-state index in [1.165, 1.54) is 0 Å². The van der Waals surface area contributed by atoms with E-state index in [0.29, 0.717) is 6.04 Å². The Morgan fingerprint density at radius 2 is 1.75 bits per heavy atom. The average Bonchev–Trinajstić information content (AvgIpc) is 2.24. The zero-order chi connectivity index (χ0) is 6.41. The molecule has 1 rings (SSSR count). The van der Waals surface area contributed by atoms with Gasteiger partial charge in [0, 0.05) is 19.0 Å². The molecule has 0 aromatic rings. The molecule has 0 unspecified atom stereocenters. The first-order valence-corrected chi connectivity index (χ1v) is 5.38. The van der Waals surface area contributed by atoms with E-state index in [1.807, 2.05) is 35.4 Å². The molecule has 0 atom stereocenters. The van der Waals surface area contributed by atoms with Gasteiger partial charge in [0.1, 0.15) is 0 Å². The fourth-order valence-electron chi connectivity index (χ4n) is 0.319. The van der Waals surface area contributed by atoms with Crippen LogP contribution < -0.4 is 5.73 Å². The summed E-state index contributed by atoms with van der Waals surface area (Å²) in [5.74, 6) is 2.29. The summed E-state index contributed by atoms with van der Waals surface area (Å²) >= 11 is 0. The highest BCUT2D eigenvalue weighted by Crippen LogP contribution is 2.29. The molecule has 2 N–H and O–H groups in total. The van der Waals surface area contributed by atoms with Gasteiger partial charge in [-0.25, -0.2) is 0 Å². The minimum absolute atomic E-state index is 0. The molecule has 0 aromatic heterocycles. The first-order chi connectivity index (χ1) is 3.89. The summed E-state index contributed by atoms with van der Waals surface area (Å²) in [7, 11) is 3.75. The van der Waals surface area contributed by atoms with E-state index in [-0.39, 0.29) is 1.43 Å². The van der Waals surface area contributed by atoms with Gasteiger partial charge in [0.15, 0.2) is 0 Å². The molecule has 1 aliphatic heterocycles. The van der Waals surface area contributed by atoms with Crippen molar-refractivity contribution >= 4 is 21.6 Å². The first-order valence-electron chi connectivity index (χ1n) is 2.89. The lowest BCUT2D eigenvalue weighted by Crippen LogP contribution is -2.20. The molecule has 1 aliphatic rings. The van der Waals surface area contributed by atoms with Crippen molar-refractivity contribution in [2.45, 2.75) is 19.9 Å². The van der Waals surface area contributed by atoms with Gasteiger partial charge >= 0.3 is 0 Å². The molecule has 1 saturated heterocycles. The van der Waals surface area contributed by atoms with Crippen LogP contribution in [0.1, 0.15) is 15.3 Å². The van der Waals surface area contributed by atoms with Crippen molar-refractivity contribution in [3.05, 3.63) is 0 Å². The number of hydrogen-bond acceptors (Lipinski definition) is 3. The van der Waals surface area contributed by atoms with Crippen molar-refractivity contribution in [3.63, 3.8) is 0 Å². The van der Waals surface area contributed by atoms with Crippen molar-refractivity contribution in [1.29, 1.82) is 0 Å². The lowest BCUT2D eigenvalue weighted by Gasteiger charge is -1.90.